The number of halogens is 3. The molecule has 5 nitrogen and oxygen atoms in total. The minimum absolute atomic E-state index is 0.253. The van der Waals surface area contributed by atoms with Crippen LogP contribution in [0.25, 0.3) is 0 Å². The zero-order valence-corrected chi connectivity index (χ0v) is 16.7. The third-order valence-corrected chi connectivity index (χ3v) is 5.97. The second-order valence-electron chi connectivity index (χ2n) is 6.80. The molecule has 8 heteroatoms. The Bertz CT molecular complexity index is 886. The summed E-state index contributed by atoms with van der Waals surface area (Å²) in [7, 11) is 0. The van der Waals surface area contributed by atoms with E-state index in [1.54, 1.807) is 6.07 Å². The highest BCUT2D eigenvalue weighted by atomic mass is 35.5. The number of hydrogen-bond donors (Lipinski definition) is 3. The highest BCUT2D eigenvalue weighted by molar-refractivity contribution is 6.37. The second kappa shape index (κ2) is 7.76. The SMILES string of the molecule is ONC(=NCc1ccc(Cl)cc1)NN1CC2CCCc3c(Cl)cc(Cl)c1c32. The van der Waals surface area contributed by atoms with E-state index in [0.717, 1.165) is 42.1 Å². The molecule has 0 bridgehead atoms. The molecule has 2 aromatic carbocycles. The minimum Gasteiger partial charge on any atom is -0.288 e. The Kier molecular flexibility index (Phi) is 5.37. The van der Waals surface area contributed by atoms with Crippen molar-refractivity contribution < 1.29 is 5.21 Å². The molecule has 27 heavy (non-hydrogen) atoms. The lowest BCUT2D eigenvalue weighted by Gasteiger charge is -2.23. The fourth-order valence-corrected chi connectivity index (χ4v) is 4.68. The number of nitrogens with zero attached hydrogens (tertiary/aromatic N) is 2. The standard InChI is InChI=1S/C19H19Cl3N4O/c20-13-6-4-11(5-7-13)9-23-19(25-27)24-26-10-12-2-1-3-14-15(21)8-16(22)18(26)17(12)14/h4-8,12,27H,1-3,9-10H2,(H2,23,24,25). The summed E-state index contributed by atoms with van der Waals surface area (Å²) >= 11 is 18.8. The smallest absolute Gasteiger partial charge is 0.235 e. The van der Waals surface area contributed by atoms with E-state index in [1.807, 2.05) is 29.3 Å². The van der Waals surface area contributed by atoms with Gasteiger partial charge in [0.1, 0.15) is 0 Å². The zero-order valence-electron chi connectivity index (χ0n) is 14.5. The van der Waals surface area contributed by atoms with Crippen LogP contribution in [0.3, 0.4) is 0 Å². The quantitative estimate of drug-likeness (QED) is 0.371. The molecule has 0 aromatic heterocycles. The molecule has 4 rings (SSSR count). The Hall–Kier alpha value is -1.66. The summed E-state index contributed by atoms with van der Waals surface area (Å²) in [5, 5.41) is 13.5. The van der Waals surface area contributed by atoms with Crippen LogP contribution >= 0.6 is 34.8 Å². The molecule has 2 aromatic rings. The monoisotopic (exact) mass is 424 g/mol. The Labute approximate surface area is 172 Å². The minimum atomic E-state index is 0.253. The first-order chi connectivity index (χ1) is 13.1. The lowest BCUT2D eigenvalue weighted by Crippen LogP contribution is -2.47. The van der Waals surface area contributed by atoms with Crippen molar-refractivity contribution in [1.82, 2.24) is 10.9 Å². The van der Waals surface area contributed by atoms with Gasteiger partial charge in [-0.05, 0) is 54.2 Å². The third kappa shape index (κ3) is 3.69. The van der Waals surface area contributed by atoms with Gasteiger partial charge in [-0.15, -0.1) is 0 Å². The molecule has 3 N–H and O–H groups in total. The van der Waals surface area contributed by atoms with Crippen LogP contribution in [-0.2, 0) is 13.0 Å². The van der Waals surface area contributed by atoms with Gasteiger partial charge in [-0.25, -0.2) is 10.5 Å². The van der Waals surface area contributed by atoms with Gasteiger partial charge in [0.15, 0.2) is 0 Å². The van der Waals surface area contributed by atoms with E-state index in [2.05, 4.69) is 15.9 Å². The maximum atomic E-state index is 9.51. The van der Waals surface area contributed by atoms with E-state index in [-0.39, 0.29) is 5.96 Å². The molecule has 0 saturated heterocycles. The highest BCUT2D eigenvalue weighted by Crippen LogP contribution is 2.49. The molecular formula is C19H19Cl3N4O. The highest BCUT2D eigenvalue weighted by Gasteiger charge is 2.36. The molecule has 2 aliphatic rings. The van der Waals surface area contributed by atoms with Gasteiger partial charge in [0.25, 0.3) is 0 Å². The second-order valence-corrected chi connectivity index (χ2v) is 8.05. The van der Waals surface area contributed by atoms with Crippen molar-refractivity contribution in [3.05, 3.63) is 62.1 Å². The topological polar surface area (TPSA) is 59.9 Å². The first-order valence-corrected chi connectivity index (χ1v) is 9.94. The number of anilines is 1. The maximum absolute atomic E-state index is 9.51. The summed E-state index contributed by atoms with van der Waals surface area (Å²) in [6.45, 7) is 1.15. The van der Waals surface area contributed by atoms with Gasteiger partial charge < -0.3 is 0 Å². The van der Waals surface area contributed by atoms with Crippen LogP contribution in [0.4, 0.5) is 5.69 Å². The first kappa shape index (κ1) is 18.7. The maximum Gasteiger partial charge on any atom is 0.235 e. The van der Waals surface area contributed by atoms with Gasteiger partial charge >= 0.3 is 0 Å². The van der Waals surface area contributed by atoms with Crippen LogP contribution in [0, 0.1) is 0 Å². The van der Waals surface area contributed by atoms with Crippen molar-refractivity contribution in [1.29, 1.82) is 0 Å². The summed E-state index contributed by atoms with van der Waals surface area (Å²) < 4.78 is 0. The summed E-state index contributed by atoms with van der Waals surface area (Å²) in [5.74, 6) is 0.632. The van der Waals surface area contributed by atoms with Crippen molar-refractivity contribution in [3.8, 4) is 0 Å². The Morgan fingerprint density at radius 3 is 2.70 bits per heavy atom. The number of hydrogen-bond acceptors (Lipinski definition) is 3. The van der Waals surface area contributed by atoms with E-state index in [1.165, 1.54) is 11.1 Å². The molecule has 0 spiro atoms. The Morgan fingerprint density at radius 1 is 1.19 bits per heavy atom. The fourth-order valence-electron chi connectivity index (χ4n) is 3.88. The van der Waals surface area contributed by atoms with Gasteiger partial charge in [-0.2, -0.15) is 0 Å². The molecule has 1 atom stereocenters. The molecular weight excluding hydrogens is 407 g/mol. The number of rotatable bonds is 3. The molecule has 0 fully saturated rings. The van der Waals surface area contributed by atoms with E-state index in [4.69, 9.17) is 34.8 Å². The van der Waals surface area contributed by atoms with Crippen molar-refractivity contribution in [2.45, 2.75) is 31.7 Å². The van der Waals surface area contributed by atoms with E-state index in [0.29, 0.717) is 22.5 Å². The van der Waals surface area contributed by atoms with Gasteiger partial charge in [-0.3, -0.25) is 15.6 Å². The number of hydroxylamine groups is 1. The van der Waals surface area contributed by atoms with Gasteiger partial charge in [-0.1, -0.05) is 46.9 Å². The van der Waals surface area contributed by atoms with Crippen LogP contribution < -0.4 is 15.9 Å². The Balaban J connectivity index is 1.57. The summed E-state index contributed by atoms with van der Waals surface area (Å²) in [6.07, 6.45) is 3.18. The molecule has 142 valence electrons. The van der Waals surface area contributed by atoms with Crippen LogP contribution in [0.1, 0.15) is 35.4 Å². The zero-order chi connectivity index (χ0) is 19.0. The third-order valence-electron chi connectivity index (χ3n) is 5.09. The average Bonchev–Trinajstić information content (AvgIpc) is 3.03. The van der Waals surface area contributed by atoms with Gasteiger partial charge in [0, 0.05) is 22.5 Å². The van der Waals surface area contributed by atoms with Gasteiger partial charge in [0.2, 0.25) is 5.96 Å². The molecule has 0 radical (unpaired) electrons. The number of guanidine groups is 1. The molecule has 1 aliphatic heterocycles. The number of nitrogens with one attached hydrogen (secondary N) is 2. The predicted molar refractivity (Wildman–Crippen MR) is 110 cm³/mol. The molecule has 1 heterocycles. The predicted octanol–water partition coefficient (Wildman–Crippen LogP) is 4.93. The van der Waals surface area contributed by atoms with Crippen molar-refractivity contribution in [3.63, 3.8) is 0 Å². The van der Waals surface area contributed by atoms with Crippen LogP contribution in [0.2, 0.25) is 15.1 Å². The summed E-state index contributed by atoms with van der Waals surface area (Å²) in [4.78, 5) is 4.41. The average molecular weight is 426 g/mol. The van der Waals surface area contributed by atoms with Crippen LogP contribution in [0.15, 0.2) is 35.3 Å². The summed E-state index contributed by atoms with van der Waals surface area (Å²) in [5.41, 5.74) is 9.61. The summed E-state index contributed by atoms with van der Waals surface area (Å²) in [6, 6.07) is 9.23. The fraction of sp³-hybridized carbons (Fsp3) is 0.316. The number of aliphatic imine (C=N–C) groups is 1. The van der Waals surface area contributed by atoms with Crippen molar-refractivity contribution in [2.24, 2.45) is 4.99 Å². The normalized spacial score (nSPS) is 18.4. The lowest BCUT2D eigenvalue weighted by atomic mass is 9.84. The van der Waals surface area contributed by atoms with Crippen LogP contribution in [-0.4, -0.2) is 17.7 Å². The van der Waals surface area contributed by atoms with Crippen molar-refractivity contribution in [2.75, 3.05) is 11.6 Å². The molecule has 1 unspecified atom stereocenters. The lowest BCUT2D eigenvalue weighted by molar-refractivity contribution is 0.228. The van der Waals surface area contributed by atoms with E-state index in [9.17, 15) is 5.21 Å². The van der Waals surface area contributed by atoms with Crippen molar-refractivity contribution >= 4 is 46.4 Å². The molecule has 0 amide bonds. The first-order valence-electron chi connectivity index (χ1n) is 8.80. The molecule has 0 saturated carbocycles. The Morgan fingerprint density at radius 2 is 1.96 bits per heavy atom. The largest absolute Gasteiger partial charge is 0.288 e. The van der Waals surface area contributed by atoms with Crippen LogP contribution in [0.5, 0.6) is 0 Å². The van der Waals surface area contributed by atoms with E-state index < -0.39 is 0 Å². The number of benzene rings is 2. The van der Waals surface area contributed by atoms with E-state index >= 15 is 0 Å². The molecule has 1 aliphatic carbocycles. The van der Waals surface area contributed by atoms with Gasteiger partial charge in [0.05, 0.1) is 17.3 Å². The number of hydrazine groups is 1.